The number of hydrogen-bond acceptors (Lipinski definition) is 2. The van der Waals surface area contributed by atoms with E-state index in [1.807, 2.05) is 32.2 Å². The number of likely N-dealkylation sites (N-methyl/N-ethyl adjacent to an activating group) is 1. The first-order valence-corrected chi connectivity index (χ1v) is 4.86. The number of nitrogens with zero attached hydrogens (tertiary/aromatic N) is 1. The molecule has 0 fully saturated rings. The monoisotopic (exact) mass is 191 g/mol. The number of ketones is 1. The summed E-state index contributed by atoms with van der Waals surface area (Å²) in [7, 11) is 1.97. The fourth-order valence-corrected chi connectivity index (χ4v) is 1.32. The van der Waals surface area contributed by atoms with Crippen LogP contribution >= 0.6 is 0 Å². The Morgan fingerprint density at radius 3 is 2.43 bits per heavy atom. The molecule has 1 rings (SSSR count). The van der Waals surface area contributed by atoms with E-state index in [1.54, 1.807) is 6.92 Å². The number of hydrogen-bond donors (Lipinski definition) is 0. The second kappa shape index (κ2) is 4.91. The van der Waals surface area contributed by atoms with Gasteiger partial charge in [0.1, 0.15) is 5.78 Å². The van der Waals surface area contributed by atoms with Crippen LogP contribution in [0.15, 0.2) is 30.3 Å². The van der Waals surface area contributed by atoms with E-state index in [2.05, 4.69) is 17.0 Å². The Kier molecular flexibility index (Phi) is 3.84. The number of carbonyl (C=O) groups is 1. The third-order valence-corrected chi connectivity index (χ3v) is 2.52. The van der Waals surface area contributed by atoms with Crippen molar-refractivity contribution < 1.29 is 4.79 Å². The molecule has 1 unspecified atom stereocenters. The molecule has 0 aromatic heterocycles. The normalized spacial score (nSPS) is 12.9. The lowest BCUT2D eigenvalue weighted by Crippen LogP contribution is -2.33. The Labute approximate surface area is 85.5 Å². The Morgan fingerprint density at radius 1 is 1.36 bits per heavy atom. The molecule has 0 aliphatic rings. The van der Waals surface area contributed by atoms with E-state index < -0.39 is 0 Å². The smallest absolute Gasteiger partial charge is 0.146 e. The maximum atomic E-state index is 11.1. The molecule has 1 atom stereocenters. The van der Waals surface area contributed by atoms with Crippen LogP contribution in [0.2, 0.25) is 0 Å². The molecule has 1 aromatic carbocycles. The van der Waals surface area contributed by atoms with Gasteiger partial charge in [-0.2, -0.15) is 0 Å². The molecule has 1 aromatic rings. The van der Waals surface area contributed by atoms with E-state index in [1.165, 1.54) is 5.56 Å². The number of carbonyl (C=O) groups excluding carboxylic acids is 1. The Morgan fingerprint density at radius 2 is 1.93 bits per heavy atom. The Bertz CT molecular complexity index is 294. The zero-order valence-electron chi connectivity index (χ0n) is 9.03. The molecule has 0 heterocycles. The van der Waals surface area contributed by atoms with Crippen LogP contribution < -0.4 is 0 Å². The molecule has 0 N–H and O–H groups in total. The quantitative estimate of drug-likeness (QED) is 0.726. The van der Waals surface area contributed by atoms with Gasteiger partial charge in [-0.3, -0.25) is 9.69 Å². The summed E-state index contributed by atoms with van der Waals surface area (Å²) in [6.45, 7) is 4.39. The minimum Gasteiger partial charge on any atom is -0.298 e. The van der Waals surface area contributed by atoms with Crippen molar-refractivity contribution in [3.8, 4) is 0 Å². The lowest BCUT2D eigenvalue weighted by Gasteiger charge is -2.22. The minimum atomic E-state index is -0.00444. The number of benzene rings is 1. The summed E-state index contributed by atoms with van der Waals surface area (Å²) in [5.41, 5.74) is 1.24. The van der Waals surface area contributed by atoms with E-state index in [9.17, 15) is 4.79 Å². The van der Waals surface area contributed by atoms with E-state index in [-0.39, 0.29) is 11.8 Å². The average Bonchev–Trinajstić information content (AvgIpc) is 2.18. The first-order valence-electron chi connectivity index (χ1n) is 4.86. The minimum absolute atomic E-state index is 0.00444. The predicted molar refractivity (Wildman–Crippen MR) is 58.1 cm³/mol. The Balaban J connectivity index is 2.57. The molecule has 0 saturated carbocycles. The summed E-state index contributed by atoms with van der Waals surface area (Å²) >= 11 is 0. The van der Waals surface area contributed by atoms with Crippen molar-refractivity contribution in [2.75, 3.05) is 7.05 Å². The molecule has 14 heavy (non-hydrogen) atoms. The van der Waals surface area contributed by atoms with Crippen LogP contribution in [0.4, 0.5) is 0 Å². The lowest BCUT2D eigenvalue weighted by atomic mass is 10.1. The second-order valence-corrected chi connectivity index (χ2v) is 3.69. The van der Waals surface area contributed by atoms with Gasteiger partial charge in [-0.1, -0.05) is 30.3 Å². The predicted octanol–water partition coefficient (Wildman–Crippen LogP) is 2.10. The molecular weight excluding hydrogens is 174 g/mol. The van der Waals surface area contributed by atoms with Gasteiger partial charge in [-0.05, 0) is 26.5 Å². The van der Waals surface area contributed by atoms with Crippen LogP contribution in [0.5, 0.6) is 0 Å². The summed E-state index contributed by atoms with van der Waals surface area (Å²) in [4.78, 5) is 13.2. The standard InChI is InChI=1S/C12H17NO/c1-10(11(2)14)13(3)9-12-7-5-4-6-8-12/h4-8,10H,9H2,1-3H3. The second-order valence-electron chi connectivity index (χ2n) is 3.69. The third-order valence-electron chi connectivity index (χ3n) is 2.52. The molecule has 76 valence electrons. The van der Waals surface area contributed by atoms with Gasteiger partial charge < -0.3 is 0 Å². The lowest BCUT2D eigenvalue weighted by molar-refractivity contribution is -0.121. The summed E-state index contributed by atoms with van der Waals surface area (Å²) in [6.07, 6.45) is 0. The highest BCUT2D eigenvalue weighted by atomic mass is 16.1. The van der Waals surface area contributed by atoms with Gasteiger partial charge in [0.2, 0.25) is 0 Å². The van der Waals surface area contributed by atoms with Crippen molar-refractivity contribution in [3.63, 3.8) is 0 Å². The maximum absolute atomic E-state index is 11.1. The summed E-state index contributed by atoms with van der Waals surface area (Å²) < 4.78 is 0. The molecule has 0 saturated heterocycles. The fraction of sp³-hybridized carbons (Fsp3) is 0.417. The van der Waals surface area contributed by atoms with Crippen molar-refractivity contribution in [2.45, 2.75) is 26.4 Å². The largest absolute Gasteiger partial charge is 0.298 e. The molecule has 0 amide bonds. The summed E-state index contributed by atoms with van der Waals surface area (Å²) in [5, 5.41) is 0. The average molecular weight is 191 g/mol. The van der Waals surface area contributed by atoms with Crippen LogP contribution in [0, 0.1) is 0 Å². The summed E-state index contributed by atoms with van der Waals surface area (Å²) in [5.74, 6) is 0.212. The molecule has 2 heteroatoms. The Hall–Kier alpha value is -1.15. The van der Waals surface area contributed by atoms with Crippen LogP contribution in [0.1, 0.15) is 19.4 Å². The zero-order valence-corrected chi connectivity index (χ0v) is 9.03. The van der Waals surface area contributed by atoms with E-state index >= 15 is 0 Å². The molecule has 0 aliphatic heterocycles. The molecule has 0 aliphatic carbocycles. The molecule has 0 spiro atoms. The zero-order chi connectivity index (χ0) is 10.6. The highest BCUT2D eigenvalue weighted by Gasteiger charge is 2.13. The van der Waals surface area contributed by atoms with Crippen molar-refractivity contribution >= 4 is 5.78 Å². The molecule has 0 bridgehead atoms. The van der Waals surface area contributed by atoms with Crippen molar-refractivity contribution in [2.24, 2.45) is 0 Å². The molecule has 0 radical (unpaired) electrons. The van der Waals surface area contributed by atoms with Crippen LogP contribution in [0.25, 0.3) is 0 Å². The van der Waals surface area contributed by atoms with E-state index in [0.717, 1.165) is 6.54 Å². The topological polar surface area (TPSA) is 20.3 Å². The van der Waals surface area contributed by atoms with Crippen LogP contribution in [-0.2, 0) is 11.3 Å². The van der Waals surface area contributed by atoms with Gasteiger partial charge in [0.25, 0.3) is 0 Å². The molecule has 2 nitrogen and oxygen atoms in total. The van der Waals surface area contributed by atoms with Crippen LogP contribution in [0.3, 0.4) is 0 Å². The van der Waals surface area contributed by atoms with Crippen molar-refractivity contribution in [1.29, 1.82) is 0 Å². The van der Waals surface area contributed by atoms with E-state index in [0.29, 0.717) is 0 Å². The first kappa shape index (κ1) is 10.9. The van der Waals surface area contributed by atoms with Gasteiger partial charge >= 0.3 is 0 Å². The van der Waals surface area contributed by atoms with Crippen LogP contribution in [-0.4, -0.2) is 23.8 Å². The molecular formula is C12H17NO. The van der Waals surface area contributed by atoms with Gasteiger partial charge in [0.15, 0.2) is 0 Å². The number of Topliss-reactive ketones (excluding diaryl/α,β-unsaturated/α-hetero) is 1. The van der Waals surface area contributed by atoms with Crippen molar-refractivity contribution in [1.82, 2.24) is 4.90 Å². The van der Waals surface area contributed by atoms with Gasteiger partial charge in [0.05, 0.1) is 6.04 Å². The SMILES string of the molecule is CC(=O)C(C)N(C)Cc1ccccc1. The highest BCUT2D eigenvalue weighted by Crippen LogP contribution is 2.06. The highest BCUT2D eigenvalue weighted by molar-refractivity contribution is 5.80. The third kappa shape index (κ3) is 2.96. The van der Waals surface area contributed by atoms with Gasteiger partial charge in [-0.15, -0.1) is 0 Å². The first-order chi connectivity index (χ1) is 6.61. The fourth-order valence-electron chi connectivity index (χ4n) is 1.32. The number of rotatable bonds is 4. The maximum Gasteiger partial charge on any atom is 0.146 e. The van der Waals surface area contributed by atoms with Crippen molar-refractivity contribution in [3.05, 3.63) is 35.9 Å². The van der Waals surface area contributed by atoms with E-state index in [4.69, 9.17) is 0 Å². The summed E-state index contributed by atoms with van der Waals surface area (Å²) in [6, 6.07) is 10.2. The van der Waals surface area contributed by atoms with Gasteiger partial charge in [0, 0.05) is 6.54 Å². The van der Waals surface area contributed by atoms with Gasteiger partial charge in [-0.25, -0.2) is 0 Å².